The summed E-state index contributed by atoms with van der Waals surface area (Å²) in [6.07, 6.45) is 0. The second-order valence-electron chi connectivity index (χ2n) is 8.82. The summed E-state index contributed by atoms with van der Waals surface area (Å²) >= 11 is 0. The molecule has 4 aromatic rings. The van der Waals surface area contributed by atoms with Crippen LogP contribution in [0.15, 0.2) is 66.7 Å². The van der Waals surface area contributed by atoms with Crippen molar-refractivity contribution in [1.29, 1.82) is 0 Å². The summed E-state index contributed by atoms with van der Waals surface area (Å²) in [5.41, 5.74) is 4.22. The number of aromatic amines is 1. The van der Waals surface area contributed by atoms with Crippen molar-refractivity contribution in [3.05, 3.63) is 89.1 Å². The van der Waals surface area contributed by atoms with Gasteiger partial charge in [-0.25, -0.2) is 4.79 Å². The maximum Gasteiger partial charge on any atom is 0.338 e. The third-order valence-corrected chi connectivity index (χ3v) is 6.46. The molecule has 1 atom stereocenters. The molecule has 9 heteroatoms. The summed E-state index contributed by atoms with van der Waals surface area (Å²) in [7, 11) is 0. The molecule has 1 unspecified atom stereocenters. The van der Waals surface area contributed by atoms with Gasteiger partial charge in [-0.3, -0.25) is 14.8 Å². The lowest BCUT2D eigenvalue weighted by Gasteiger charge is -2.27. The zero-order chi connectivity index (χ0) is 27.5. The van der Waals surface area contributed by atoms with E-state index in [1.54, 1.807) is 54.3 Å². The Hall–Kier alpha value is -4.79. The van der Waals surface area contributed by atoms with E-state index in [9.17, 15) is 14.7 Å². The topological polar surface area (TPSA) is 114 Å². The molecule has 0 aliphatic carbocycles. The number of aromatic nitrogens is 2. The number of anilines is 1. The van der Waals surface area contributed by atoms with Crippen LogP contribution >= 0.6 is 0 Å². The van der Waals surface area contributed by atoms with Crippen LogP contribution in [0.1, 0.15) is 58.8 Å². The smallest absolute Gasteiger partial charge is 0.338 e. The Labute approximate surface area is 225 Å². The predicted octanol–water partition coefficient (Wildman–Crippen LogP) is 5.51. The first-order chi connectivity index (χ1) is 19.0. The number of H-pyrrole nitrogens is 1. The number of aromatic hydroxyl groups is 1. The van der Waals surface area contributed by atoms with Crippen molar-refractivity contribution in [2.75, 3.05) is 24.7 Å². The number of phenolic OH excluding ortho intramolecular Hbond substituents is 1. The molecule has 0 radical (unpaired) electrons. The fourth-order valence-electron chi connectivity index (χ4n) is 4.77. The number of hydrogen-bond donors (Lipinski definition) is 2. The van der Waals surface area contributed by atoms with E-state index >= 15 is 0 Å². The number of hydrogen-bond acceptors (Lipinski definition) is 7. The minimum Gasteiger partial charge on any atom is -0.504 e. The minimum absolute atomic E-state index is 0.00872. The van der Waals surface area contributed by atoms with E-state index in [0.29, 0.717) is 47.2 Å². The maximum atomic E-state index is 13.8. The zero-order valence-electron chi connectivity index (χ0n) is 21.9. The molecule has 0 bridgehead atoms. The summed E-state index contributed by atoms with van der Waals surface area (Å²) in [6.45, 7) is 6.70. The van der Waals surface area contributed by atoms with Crippen molar-refractivity contribution >= 4 is 17.6 Å². The van der Waals surface area contributed by atoms with Crippen LogP contribution in [-0.2, 0) is 4.74 Å². The second-order valence-corrected chi connectivity index (χ2v) is 8.82. The fourth-order valence-corrected chi connectivity index (χ4v) is 4.77. The van der Waals surface area contributed by atoms with Gasteiger partial charge in [-0.15, -0.1) is 0 Å². The lowest BCUT2D eigenvalue weighted by Crippen LogP contribution is -2.29. The average molecular weight is 528 g/mol. The van der Waals surface area contributed by atoms with E-state index in [4.69, 9.17) is 14.2 Å². The molecule has 1 aromatic heterocycles. The Bertz CT molecular complexity index is 1490. The van der Waals surface area contributed by atoms with Crippen molar-refractivity contribution in [2.24, 2.45) is 0 Å². The number of ether oxygens (including phenoxy) is 3. The summed E-state index contributed by atoms with van der Waals surface area (Å²) in [4.78, 5) is 27.7. The normalized spacial score (nSPS) is 14.3. The molecule has 0 saturated heterocycles. The third-order valence-electron chi connectivity index (χ3n) is 6.46. The number of nitrogens with one attached hydrogen (secondary N) is 1. The van der Waals surface area contributed by atoms with Crippen molar-refractivity contribution in [3.63, 3.8) is 0 Å². The van der Waals surface area contributed by atoms with Crippen molar-refractivity contribution < 1.29 is 28.9 Å². The van der Waals surface area contributed by atoms with Crippen molar-refractivity contribution in [1.82, 2.24) is 10.2 Å². The molecule has 0 saturated carbocycles. The quantitative estimate of drug-likeness (QED) is 0.276. The third kappa shape index (κ3) is 4.79. The molecule has 0 fully saturated rings. The molecule has 1 amide bonds. The lowest BCUT2D eigenvalue weighted by atomic mass is 9.95. The molecule has 200 valence electrons. The summed E-state index contributed by atoms with van der Waals surface area (Å²) in [6, 6.07) is 18.7. The molecule has 9 nitrogen and oxygen atoms in total. The molecule has 1 aliphatic rings. The average Bonchev–Trinajstić information content (AvgIpc) is 3.50. The first-order valence-electron chi connectivity index (χ1n) is 12.8. The van der Waals surface area contributed by atoms with E-state index in [1.807, 2.05) is 38.1 Å². The maximum absolute atomic E-state index is 13.8. The monoisotopic (exact) mass is 527 g/mol. The van der Waals surface area contributed by atoms with E-state index < -0.39 is 12.0 Å². The zero-order valence-corrected chi connectivity index (χ0v) is 21.9. The Balaban J connectivity index is 1.63. The van der Waals surface area contributed by atoms with Crippen LogP contribution in [0.25, 0.3) is 11.3 Å². The molecular weight excluding hydrogens is 498 g/mol. The number of benzene rings is 3. The molecule has 5 rings (SSSR count). The highest BCUT2D eigenvalue weighted by Crippen LogP contribution is 2.46. The Morgan fingerprint density at radius 3 is 2.33 bits per heavy atom. The highest BCUT2D eigenvalue weighted by Gasteiger charge is 2.43. The largest absolute Gasteiger partial charge is 0.504 e. The van der Waals surface area contributed by atoms with Gasteiger partial charge < -0.3 is 19.3 Å². The first-order valence-corrected chi connectivity index (χ1v) is 12.8. The molecule has 39 heavy (non-hydrogen) atoms. The molecule has 0 spiro atoms. The van der Waals surface area contributed by atoms with Crippen LogP contribution in [0.5, 0.6) is 17.2 Å². The molecule has 1 aliphatic heterocycles. The number of esters is 1. The molecule has 2 N–H and O–H groups in total. The van der Waals surface area contributed by atoms with E-state index in [1.165, 1.54) is 0 Å². The first kappa shape index (κ1) is 25.8. The number of phenols is 1. The van der Waals surface area contributed by atoms with Crippen molar-refractivity contribution in [2.45, 2.75) is 26.8 Å². The minimum atomic E-state index is -0.582. The summed E-state index contributed by atoms with van der Waals surface area (Å²) in [5, 5.41) is 17.8. The summed E-state index contributed by atoms with van der Waals surface area (Å²) < 4.78 is 16.3. The van der Waals surface area contributed by atoms with Crippen LogP contribution in [0.4, 0.5) is 5.69 Å². The standard InChI is InChI=1S/C30H29N3O6/c1-4-37-22-14-9-18(10-15-22)26-25-27(32-31-26)29(35)33(21-12-7-19(8-13-21)30(36)39-6-3)28(25)20-11-16-23(34)24(17-20)38-5-2/h7-17,28,34H,4-6H2,1-3H3,(H,31,32). The SMILES string of the molecule is CCOC(=O)c1ccc(N2C(=O)c3[nH]nc(-c4ccc(OCC)cc4)c3C2c2ccc(O)c(OCC)c2)cc1. The fraction of sp³-hybridized carbons (Fsp3) is 0.233. The van der Waals surface area contributed by atoms with Gasteiger partial charge in [-0.2, -0.15) is 5.10 Å². The molecular formula is C30H29N3O6. The van der Waals surface area contributed by atoms with Crippen LogP contribution in [-0.4, -0.2) is 47.0 Å². The van der Waals surface area contributed by atoms with E-state index in [0.717, 1.165) is 16.9 Å². The molecule has 2 heterocycles. The van der Waals surface area contributed by atoms with Gasteiger partial charge in [0.15, 0.2) is 11.5 Å². The number of rotatable bonds is 9. The van der Waals surface area contributed by atoms with E-state index in [-0.39, 0.29) is 18.3 Å². The Morgan fingerprint density at radius 2 is 1.67 bits per heavy atom. The van der Waals surface area contributed by atoms with Gasteiger partial charge in [0.05, 0.1) is 37.1 Å². The Morgan fingerprint density at radius 1 is 0.949 bits per heavy atom. The van der Waals surface area contributed by atoms with Gasteiger partial charge in [0, 0.05) is 16.8 Å². The van der Waals surface area contributed by atoms with Gasteiger partial charge in [-0.1, -0.05) is 6.07 Å². The van der Waals surface area contributed by atoms with Gasteiger partial charge >= 0.3 is 5.97 Å². The van der Waals surface area contributed by atoms with Crippen LogP contribution in [0, 0.1) is 0 Å². The van der Waals surface area contributed by atoms with Crippen LogP contribution < -0.4 is 14.4 Å². The van der Waals surface area contributed by atoms with Gasteiger partial charge in [0.1, 0.15) is 11.4 Å². The van der Waals surface area contributed by atoms with E-state index in [2.05, 4.69) is 10.2 Å². The number of fused-ring (bicyclic) bond motifs is 1. The van der Waals surface area contributed by atoms with Gasteiger partial charge in [-0.05, 0) is 87.0 Å². The predicted molar refractivity (Wildman–Crippen MR) is 146 cm³/mol. The van der Waals surface area contributed by atoms with Crippen LogP contribution in [0.2, 0.25) is 0 Å². The van der Waals surface area contributed by atoms with Crippen LogP contribution in [0.3, 0.4) is 0 Å². The number of amides is 1. The second kappa shape index (κ2) is 10.9. The number of carbonyl (C=O) groups is 2. The van der Waals surface area contributed by atoms with Crippen molar-refractivity contribution in [3.8, 4) is 28.5 Å². The number of nitrogens with zero attached hydrogens (tertiary/aromatic N) is 2. The molecule has 3 aromatic carbocycles. The highest BCUT2D eigenvalue weighted by atomic mass is 16.5. The number of carbonyl (C=O) groups excluding carboxylic acids is 2. The van der Waals surface area contributed by atoms with Gasteiger partial charge in [0.2, 0.25) is 0 Å². The Kier molecular flexibility index (Phi) is 7.23. The van der Waals surface area contributed by atoms with Gasteiger partial charge in [0.25, 0.3) is 5.91 Å². The summed E-state index contributed by atoms with van der Waals surface area (Å²) in [5.74, 6) is 0.369. The lowest BCUT2D eigenvalue weighted by molar-refractivity contribution is 0.0526. The highest BCUT2D eigenvalue weighted by molar-refractivity contribution is 6.12.